The number of rotatable bonds is 12. The molecule has 1 saturated carbocycles. The number of nitrogens with one attached hydrogen (secondary N) is 1. The summed E-state index contributed by atoms with van der Waals surface area (Å²) in [5.74, 6) is 1.89. The molecular weight excluding hydrogens is 514 g/mol. The van der Waals surface area contributed by atoms with Crippen molar-refractivity contribution in [1.29, 1.82) is 0 Å². The zero-order chi connectivity index (χ0) is 27.4. The van der Waals surface area contributed by atoms with E-state index in [1.54, 1.807) is 7.05 Å². The molecule has 2 aromatic carbocycles. The van der Waals surface area contributed by atoms with Gasteiger partial charge in [0.05, 0.1) is 23.2 Å². The highest BCUT2D eigenvalue weighted by molar-refractivity contribution is 7.76. The Bertz CT molecular complexity index is 1470. The first kappa shape index (κ1) is 27.1. The molecule has 1 aliphatic carbocycles. The number of amides is 1. The van der Waals surface area contributed by atoms with Crippen LogP contribution < -0.4 is 10.1 Å². The second-order valence-electron chi connectivity index (χ2n) is 9.78. The highest BCUT2D eigenvalue weighted by Gasteiger charge is 2.31. The summed E-state index contributed by atoms with van der Waals surface area (Å²) in [7, 11) is 1.59. The van der Waals surface area contributed by atoms with E-state index < -0.39 is 11.3 Å². The molecule has 0 radical (unpaired) electrons. The number of benzene rings is 2. The Labute approximate surface area is 230 Å². The van der Waals surface area contributed by atoms with Crippen LogP contribution in [0, 0.1) is 0 Å². The third-order valence-corrected chi connectivity index (χ3v) is 7.67. The zero-order valence-corrected chi connectivity index (χ0v) is 23.0. The molecule has 0 aliphatic heterocycles. The van der Waals surface area contributed by atoms with Gasteiger partial charge in [-0.25, -0.2) is 9.19 Å². The molecule has 2 heterocycles. The summed E-state index contributed by atoms with van der Waals surface area (Å²) >= 11 is -2.11. The van der Waals surface area contributed by atoms with Gasteiger partial charge in [-0.2, -0.15) is 4.31 Å². The van der Waals surface area contributed by atoms with Gasteiger partial charge in [0.1, 0.15) is 17.3 Å². The van der Waals surface area contributed by atoms with E-state index in [4.69, 9.17) is 14.1 Å². The van der Waals surface area contributed by atoms with Crippen molar-refractivity contribution in [3.05, 3.63) is 77.5 Å². The fraction of sp³-hybridized carbons (Fsp3) is 0.333. The van der Waals surface area contributed by atoms with Crippen molar-refractivity contribution in [2.24, 2.45) is 0 Å². The number of hydrogen-bond acceptors (Lipinski definition) is 5. The van der Waals surface area contributed by atoms with Gasteiger partial charge in [-0.05, 0) is 73.2 Å². The van der Waals surface area contributed by atoms with Crippen LogP contribution in [0.2, 0.25) is 0 Å². The standard InChI is InChI=1S/C30H33N3O5S/c1-3-4-8-17-33(39(35)36)19-26-24(20-11-12-20)18-25-27(29(34)31-2)28(38-30(25)32-26)21-13-15-23(16-14-21)37-22-9-6-5-7-10-22/h5-7,9-10,13-16,18,20H,3-4,8,11-12,17,19H2,1-2H3,(H,31,34)(H,35,36). The molecule has 1 unspecified atom stereocenters. The van der Waals surface area contributed by atoms with Crippen molar-refractivity contribution >= 4 is 28.3 Å². The third kappa shape index (κ3) is 6.21. The summed E-state index contributed by atoms with van der Waals surface area (Å²) in [6, 6.07) is 18.9. The highest BCUT2D eigenvalue weighted by atomic mass is 32.2. The molecule has 2 aromatic heterocycles. The van der Waals surface area contributed by atoms with Crippen molar-refractivity contribution < 1.29 is 22.7 Å². The molecular formula is C30H33N3O5S. The van der Waals surface area contributed by atoms with E-state index in [1.165, 1.54) is 4.31 Å². The average Bonchev–Trinajstić information content (AvgIpc) is 3.73. The SMILES string of the molecule is CCCCCN(Cc1nc2oc(-c3ccc(Oc4ccccc4)cc3)c(C(=O)NC)c2cc1C1CC1)S(=O)O. The molecule has 0 saturated heterocycles. The number of hydrogen-bond donors (Lipinski definition) is 2. The van der Waals surface area contributed by atoms with Crippen molar-refractivity contribution in [3.8, 4) is 22.8 Å². The van der Waals surface area contributed by atoms with E-state index in [-0.39, 0.29) is 12.5 Å². The van der Waals surface area contributed by atoms with Gasteiger partial charge in [0.15, 0.2) is 0 Å². The molecule has 1 atom stereocenters. The molecule has 39 heavy (non-hydrogen) atoms. The van der Waals surface area contributed by atoms with Gasteiger partial charge in [-0.3, -0.25) is 9.35 Å². The number of nitrogens with zero attached hydrogens (tertiary/aromatic N) is 2. The molecule has 9 heteroatoms. The van der Waals surface area contributed by atoms with E-state index >= 15 is 0 Å². The largest absolute Gasteiger partial charge is 0.457 e. The number of aromatic nitrogens is 1. The topological polar surface area (TPSA) is 105 Å². The van der Waals surface area contributed by atoms with Crippen molar-refractivity contribution in [2.45, 2.75) is 51.5 Å². The molecule has 204 valence electrons. The number of carbonyl (C=O) groups excluding carboxylic acids is 1. The second kappa shape index (κ2) is 12.1. The monoisotopic (exact) mass is 547 g/mol. The van der Waals surface area contributed by atoms with E-state index in [1.807, 2.05) is 60.7 Å². The first-order chi connectivity index (χ1) is 19.0. The minimum absolute atomic E-state index is 0.242. The summed E-state index contributed by atoms with van der Waals surface area (Å²) in [6.07, 6.45) is 4.91. The maximum absolute atomic E-state index is 13.1. The minimum atomic E-state index is -2.11. The molecule has 5 rings (SSSR count). The lowest BCUT2D eigenvalue weighted by Crippen LogP contribution is -2.27. The molecule has 1 aliphatic rings. The van der Waals surface area contributed by atoms with Gasteiger partial charge in [0.2, 0.25) is 17.0 Å². The Hall–Kier alpha value is -3.53. The Balaban J connectivity index is 1.52. The van der Waals surface area contributed by atoms with Crippen molar-refractivity contribution in [3.63, 3.8) is 0 Å². The fourth-order valence-corrected chi connectivity index (χ4v) is 5.24. The van der Waals surface area contributed by atoms with Crippen LogP contribution in [0.3, 0.4) is 0 Å². The summed E-state index contributed by atoms with van der Waals surface area (Å²) in [5.41, 5.74) is 3.22. The first-order valence-corrected chi connectivity index (χ1v) is 14.4. The Kier molecular flexibility index (Phi) is 8.40. The molecule has 0 bridgehead atoms. The van der Waals surface area contributed by atoms with Gasteiger partial charge >= 0.3 is 0 Å². The highest BCUT2D eigenvalue weighted by Crippen LogP contribution is 2.44. The minimum Gasteiger partial charge on any atom is -0.457 e. The lowest BCUT2D eigenvalue weighted by molar-refractivity contribution is 0.0964. The number of ether oxygens (including phenoxy) is 1. The van der Waals surface area contributed by atoms with Gasteiger partial charge in [-0.1, -0.05) is 38.0 Å². The van der Waals surface area contributed by atoms with Crippen LogP contribution in [0.25, 0.3) is 22.4 Å². The Morgan fingerprint density at radius 1 is 1.13 bits per heavy atom. The van der Waals surface area contributed by atoms with Crippen LogP contribution >= 0.6 is 0 Å². The summed E-state index contributed by atoms with van der Waals surface area (Å²) in [5, 5.41) is 3.38. The Morgan fingerprint density at radius 3 is 2.49 bits per heavy atom. The van der Waals surface area contributed by atoms with Gasteiger partial charge in [0, 0.05) is 19.2 Å². The smallest absolute Gasteiger partial charge is 0.255 e. The van der Waals surface area contributed by atoms with Crippen LogP contribution in [0.5, 0.6) is 11.5 Å². The van der Waals surface area contributed by atoms with Crippen LogP contribution in [-0.2, 0) is 17.8 Å². The second-order valence-corrected chi connectivity index (χ2v) is 10.8. The molecule has 1 amide bonds. The molecule has 1 fully saturated rings. The van der Waals surface area contributed by atoms with Gasteiger partial charge < -0.3 is 14.5 Å². The summed E-state index contributed by atoms with van der Waals surface area (Å²) in [6.45, 7) is 2.85. The van der Waals surface area contributed by atoms with Crippen LogP contribution in [0.4, 0.5) is 0 Å². The predicted octanol–water partition coefficient (Wildman–Crippen LogP) is 6.65. The van der Waals surface area contributed by atoms with Crippen molar-refractivity contribution in [2.75, 3.05) is 13.6 Å². The number of para-hydroxylation sites is 1. The number of pyridine rings is 1. The van der Waals surface area contributed by atoms with Crippen LogP contribution in [0.1, 0.15) is 66.6 Å². The van der Waals surface area contributed by atoms with Crippen LogP contribution in [0.15, 0.2) is 65.1 Å². The quantitative estimate of drug-likeness (QED) is 0.152. The summed E-state index contributed by atoms with van der Waals surface area (Å²) < 4.78 is 35.7. The van der Waals surface area contributed by atoms with Gasteiger partial charge in [0.25, 0.3) is 5.91 Å². The maximum atomic E-state index is 13.1. The average molecular weight is 548 g/mol. The molecule has 8 nitrogen and oxygen atoms in total. The zero-order valence-electron chi connectivity index (χ0n) is 22.2. The predicted molar refractivity (Wildman–Crippen MR) is 152 cm³/mol. The third-order valence-electron chi connectivity index (χ3n) is 6.92. The molecule has 0 spiro atoms. The van der Waals surface area contributed by atoms with Crippen molar-refractivity contribution in [1.82, 2.24) is 14.6 Å². The maximum Gasteiger partial charge on any atom is 0.255 e. The van der Waals surface area contributed by atoms with Gasteiger partial charge in [-0.15, -0.1) is 0 Å². The summed E-state index contributed by atoms with van der Waals surface area (Å²) in [4.78, 5) is 17.9. The molecule has 4 aromatic rings. The lowest BCUT2D eigenvalue weighted by Gasteiger charge is -2.18. The number of fused-ring (bicyclic) bond motifs is 1. The number of carbonyl (C=O) groups is 1. The van der Waals surface area contributed by atoms with E-state index in [2.05, 4.69) is 12.2 Å². The fourth-order valence-electron chi connectivity index (χ4n) is 4.72. The van der Waals surface area contributed by atoms with Crippen LogP contribution in [-0.4, -0.2) is 37.6 Å². The van der Waals surface area contributed by atoms with E-state index in [9.17, 15) is 13.6 Å². The van der Waals surface area contributed by atoms with E-state index in [0.29, 0.717) is 40.6 Å². The van der Waals surface area contributed by atoms with E-state index in [0.717, 1.165) is 54.7 Å². The number of furan rings is 1. The Morgan fingerprint density at radius 2 is 1.85 bits per heavy atom. The lowest BCUT2D eigenvalue weighted by atomic mass is 10.0. The number of unbranched alkanes of at least 4 members (excludes halogenated alkanes) is 2. The normalized spacial score (nSPS) is 14.1. The molecule has 2 N–H and O–H groups in total. The first-order valence-electron chi connectivity index (χ1n) is 13.4.